The lowest BCUT2D eigenvalue weighted by molar-refractivity contribution is -0.0347. The molecule has 0 aliphatic carbocycles. The molecule has 1 atom stereocenters. The number of nitrogens with zero attached hydrogens (tertiary/aromatic N) is 4. The number of amides is 2. The molecule has 2 rings (SSSR count). The fraction of sp³-hybridized carbons (Fsp3) is 0.733. The van der Waals surface area contributed by atoms with Crippen LogP contribution in [0, 0.1) is 6.92 Å². The molecule has 7 nitrogen and oxygen atoms in total. The van der Waals surface area contributed by atoms with Crippen molar-refractivity contribution in [2.45, 2.75) is 31.9 Å². The highest BCUT2D eigenvalue weighted by Gasteiger charge is 2.35. The summed E-state index contributed by atoms with van der Waals surface area (Å²) in [6.45, 7) is 4.07. The van der Waals surface area contributed by atoms with Crippen LogP contribution in [0.4, 0.5) is 4.79 Å². The standard InChI is InChI=1S/C15H27N5O2/c1-12-13(9-17-19(12)4)8-16-14(21)20-7-5-6-15(22,11-20)10-18(2)3/h9,22H,5-8,10-11H2,1-4H3,(H,16,21)/t15-/m0/s1. The minimum Gasteiger partial charge on any atom is -0.387 e. The Hall–Kier alpha value is -1.60. The van der Waals surface area contributed by atoms with Crippen molar-refractivity contribution in [3.8, 4) is 0 Å². The van der Waals surface area contributed by atoms with Gasteiger partial charge in [-0.3, -0.25) is 4.68 Å². The number of β-amino-alcohol motifs (C(OH)–C–C–N with tert-alkyl or cyclic N) is 1. The average molecular weight is 309 g/mol. The predicted octanol–water partition coefficient (Wildman–Crippen LogP) is 0.327. The van der Waals surface area contributed by atoms with Gasteiger partial charge in [0.1, 0.15) is 0 Å². The number of carbonyl (C=O) groups excluding carboxylic acids is 1. The Morgan fingerprint density at radius 3 is 2.86 bits per heavy atom. The van der Waals surface area contributed by atoms with E-state index in [0.717, 1.165) is 24.1 Å². The quantitative estimate of drug-likeness (QED) is 0.840. The average Bonchev–Trinajstić information content (AvgIpc) is 2.75. The number of carbonyl (C=O) groups is 1. The Balaban J connectivity index is 1.90. The van der Waals surface area contributed by atoms with Gasteiger partial charge in [0.2, 0.25) is 0 Å². The number of aliphatic hydroxyl groups is 1. The van der Waals surface area contributed by atoms with Gasteiger partial charge in [0.25, 0.3) is 0 Å². The van der Waals surface area contributed by atoms with Gasteiger partial charge in [-0.2, -0.15) is 5.10 Å². The topological polar surface area (TPSA) is 73.6 Å². The number of rotatable bonds is 4. The molecule has 0 bridgehead atoms. The van der Waals surface area contributed by atoms with Gasteiger partial charge >= 0.3 is 6.03 Å². The molecule has 2 N–H and O–H groups in total. The number of hydrogen-bond acceptors (Lipinski definition) is 4. The molecule has 1 aliphatic rings. The number of aromatic nitrogens is 2. The first-order chi connectivity index (χ1) is 10.3. The fourth-order valence-corrected chi connectivity index (χ4v) is 3.00. The molecule has 2 amide bonds. The van der Waals surface area contributed by atoms with Crippen molar-refractivity contribution in [3.05, 3.63) is 17.5 Å². The molecule has 0 radical (unpaired) electrons. The largest absolute Gasteiger partial charge is 0.387 e. The smallest absolute Gasteiger partial charge is 0.317 e. The minimum absolute atomic E-state index is 0.125. The van der Waals surface area contributed by atoms with Gasteiger partial charge in [-0.1, -0.05) is 0 Å². The summed E-state index contributed by atoms with van der Waals surface area (Å²) in [6.07, 6.45) is 3.33. The zero-order valence-electron chi connectivity index (χ0n) is 14.0. The lowest BCUT2D eigenvalue weighted by Crippen LogP contribution is -2.56. The Labute approximate surface area is 131 Å². The highest BCUT2D eigenvalue weighted by atomic mass is 16.3. The Kier molecular flexibility index (Phi) is 5.08. The molecule has 1 aliphatic heterocycles. The molecule has 1 saturated heterocycles. The zero-order valence-corrected chi connectivity index (χ0v) is 14.0. The number of piperidine rings is 1. The van der Waals surface area contributed by atoms with Crippen LogP contribution < -0.4 is 5.32 Å². The van der Waals surface area contributed by atoms with Crippen molar-refractivity contribution in [3.63, 3.8) is 0 Å². The molecule has 22 heavy (non-hydrogen) atoms. The number of urea groups is 1. The van der Waals surface area contributed by atoms with E-state index >= 15 is 0 Å². The van der Waals surface area contributed by atoms with Crippen molar-refractivity contribution >= 4 is 6.03 Å². The third-order valence-electron chi connectivity index (χ3n) is 4.22. The Morgan fingerprint density at radius 2 is 2.27 bits per heavy atom. The monoisotopic (exact) mass is 309 g/mol. The molecule has 2 heterocycles. The van der Waals surface area contributed by atoms with Gasteiger partial charge in [-0.25, -0.2) is 4.79 Å². The van der Waals surface area contributed by atoms with Crippen LogP contribution in [0.2, 0.25) is 0 Å². The van der Waals surface area contributed by atoms with Gasteiger partial charge in [-0.15, -0.1) is 0 Å². The van der Waals surface area contributed by atoms with Crippen molar-refractivity contribution in [1.29, 1.82) is 0 Å². The zero-order chi connectivity index (χ0) is 16.3. The summed E-state index contributed by atoms with van der Waals surface area (Å²) in [6, 6.07) is -0.125. The molecule has 1 aromatic heterocycles. The molecule has 0 aromatic carbocycles. The van der Waals surface area contributed by atoms with E-state index in [4.69, 9.17) is 0 Å². The molecule has 0 saturated carbocycles. The third kappa shape index (κ3) is 3.98. The maximum Gasteiger partial charge on any atom is 0.317 e. The van der Waals surface area contributed by atoms with E-state index in [-0.39, 0.29) is 6.03 Å². The van der Waals surface area contributed by atoms with Gasteiger partial charge in [-0.05, 0) is 33.9 Å². The van der Waals surface area contributed by atoms with Gasteiger partial charge < -0.3 is 20.2 Å². The van der Waals surface area contributed by atoms with Gasteiger partial charge in [0.15, 0.2) is 0 Å². The first-order valence-corrected chi connectivity index (χ1v) is 7.68. The normalized spacial score (nSPS) is 22.2. The van der Waals surface area contributed by atoms with Crippen LogP contribution in [0.25, 0.3) is 0 Å². The summed E-state index contributed by atoms with van der Waals surface area (Å²) in [5.41, 5.74) is 1.24. The summed E-state index contributed by atoms with van der Waals surface area (Å²) >= 11 is 0. The van der Waals surface area contributed by atoms with Crippen molar-refractivity contribution < 1.29 is 9.90 Å². The molecular weight excluding hydrogens is 282 g/mol. The van der Waals surface area contributed by atoms with Crippen LogP contribution in [0.15, 0.2) is 6.20 Å². The van der Waals surface area contributed by atoms with Crippen LogP contribution in [0.3, 0.4) is 0 Å². The number of likely N-dealkylation sites (N-methyl/N-ethyl adjacent to an activating group) is 1. The second-order valence-corrected chi connectivity index (χ2v) is 6.52. The maximum absolute atomic E-state index is 12.3. The predicted molar refractivity (Wildman–Crippen MR) is 84.5 cm³/mol. The highest BCUT2D eigenvalue weighted by Crippen LogP contribution is 2.22. The van der Waals surface area contributed by atoms with Crippen LogP contribution in [-0.2, 0) is 13.6 Å². The highest BCUT2D eigenvalue weighted by molar-refractivity contribution is 5.74. The van der Waals surface area contributed by atoms with E-state index in [9.17, 15) is 9.90 Å². The summed E-state index contributed by atoms with van der Waals surface area (Å²) < 4.78 is 1.79. The summed E-state index contributed by atoms with van der Waals surface area (Å²) in [7, 11) is 5.75. The summed E-state index contributed by atoms with van der Waals surface area (Å²) in [5, 5.41) is 17.7. The lowest BCUT2D eigenvalue weighted by atomic mass is 9.92. The van der Waals surface area contributed by atoms with E-state index in [0.29, 0.717) is 26.2 Å². The Morgan fingerprint density at radius 1 is 1.55 bits per heavy atom. The molecule has 0 unspecified atom stereocenters. The SMILES string of the molecule is Cc1c(CNC(=O)N2CCC[C@](O)(CN(C)C)C2)cnn1C. The summed E-state index contributed by atoms with van der Waals surface area (Å²) in [5.74, 6) is 0. The molecule has 0 spiro atoms. The van der Waals surface area contributed by atoms with Crippen LogP contribution >= 0.6 is 0 Å². The van der Waals surface area contributed by atoms with E-state index in [1.807, 2.05) is 33.0 Å². The molecule has 124 valence electrons. The Bertz CT molecular complexity index is 528. The number of nitrogens with one attached hydrogen (secondary N) is 1. The second-order valence-electron chi connectivity index (χ2n) is 6.52. The second kappa shape index (κ2) is 6.66. The number of hydrogen-bond donors (Lipinski definition) is 2. The number of aryl methyl sites for hydroxylation is 1. The van der Waals surface area contributed by atoms with E-state index < -0.39 is 5.60 Å². The van der Waals surface area contributed by atoms with E-state index in [1.54, 1.807) is 15.8 Å². The molecule has 7 heteroatoms. The first-order valence-electron chi connectivity index (χ1n) is 7.68. The lowest BCUT2D eigenvalue weighted by Gasteiger charge is -2.40. The van der Waals surface area contributed by atoms with Crippen molar-refractivity contribution in [2.75, 3.05) is 33.7 Å². The third-order valence-corrected chi connectivity index (χ3v) is 4.22. The molecule has 1 aromatic rings. The molecular formula is C15H27N5O2. The van der Waals surface area contributed by atoms with Crippen molar-refractivity contribution in [2.24, 2.45) is 7.05 Å². The summed E-state index contributed by atoms with van der Waals surface area (Å²) in [4.78, 5) is 16.0. The fourth-order valence-electron chi connectivity index (χ4n) is 3.00. The van der Waals surface area contributed by atoms with Gasteiger partial charge in [0, 0.05) is 37.9 Å². The number of likely N-dealkylation sites (tertiary alicyclic amines) is 1. The molecule has 1 fully saturated rings. The van der Waals surface area contributed by atoms with Crippen LogP contribution in [-0.4, -0.2) is 70.0 Å². The maximum atomic E-state index is 12.3. The van der Waals surface area contributed by atoms with Crippen LogP contribution in [0.5, 0.6) is 0 Å². The van der Waals surface area contributed by atoms with Crippen LogP contribution in [0.1, 0.15) is 24.1 Å². The van der Waals surface area contributed by atoms with Crippen molar-refractivity contribution in [1.82, 2.24) is 24.9 Å². The van der Waals surface area contributed by atoms with E-state index in [1.165, 1.54) is 0 Å². The van der Waals surface area contributed by atoms with Gasteiger partial charge in [0.05, 0.1) is 18.3 Å². The first kappa shape index (κ1) is 16.8. The van der Waals surface area contributed by atoms with E-state index in [2.05, 4.69) is 10.4 Å². The minimum atomic E-state index is -0.816.